The van der Waals surface area contributed by atoms with Gasteiger partial charge in [-0.3, -0.25) is 25.0 Å². The number of carbonyl (C=O) groups excluding carboxylic acids is 3. The number of barbiturate groups is 1. The number of urea groups is 1. The van der Waals surface area contributed by atoms with Crippen LogP contribution in [0, 0.1) is 24.0 Å². The second kappa shape index (κ2) is 7.66. The van der Waals surface area contributed by atoms with E-state index in [9.17, 15) is 29.6 Å². The van der Waals surface area contributed by atoms with Crippen LogP contribution < -0.4 is 15.0 Å². The van der Waals surface area contributed by atoms with Crippen molar-refractivity contribution in [3.63, 3.8) is 0 Å². The van der Waals surface area contributed by atoms with Crippen LogP contribution >= 0.6 is 0 Å². The largest absolute Gasteiger partial charge is 0.504 e. The lowest BCUT2D eigenvalue weighted by Crippen LogP contribution is -2.54. The number of non-ortho nitro benzene ring substituents is 1. The molecule has 3 rings (SSSR count). The first-order chi connectivity index (χ1) is 14.1. The van der Waals surface area contributed by atoms with Crippen LogP contribution in [0.15, 0.2) is 35.9 Å². The van der Waals surface area contributed by atoms with Gasteiger partial charge in [-0.15, -0.1) is 0 Å². The number of phenolic OH excluding ortho intramolecular Hbond substituents is 1. The van der Waals surface area contributed by atoms with E-state index >= 15 is 0 Å². The summed E-state index contributed by atoms with van der Waals surface area (Å²) in [6.45, 7) is 3.67. The molecule has 10 heteroatoms. The van der Waals surface area contributed by atoms with Crippen molar-refractivity contribution >= 4 is 35.3 Å². The van der Waals surface area contributed by atoms with Gasteiger partial charge in [-0.2, -0.15) is 0 Å². The molecule has 0 radical (unpaired) electrons. The normalized spacial score (nSPS) is 15.4. The van der Waals surface area contributed by atoms with E-state index < -0.39 is 39.8 Å². The molecule has 0 bridgehead atoms. The minimum absolute atomic E-state index is 0.186. The molecule has 0 spiro atoms. The minimum Gasteiger partial charge on any atom is -0.504 e. The number of aryl methyl sites for hydroxylation is 2. The van der Waals surface area contributed by atoms with Crippen LogP contribution in [0.25, 0.3) is 6.08 Å². The van der Waals surface area contributed by atoms with Crippen molar-refractivity contribution in [3.8, 4) is 11.5 Å². The van der Waals surface area contributed by atoms with Crippen molar-refractivity contribution in [2.24, 2.45) is 0 Å². The van der Waals surface area contributed by atoms with Gasteiger partial charge in [-0.1, -0.05) is 6.07 Å². The summed E-state index contributed by atoms with van der Waals surface area (Å²) in [6.07, 6.45) is 0.975. The molecule has 30 heavy (non-hydrogen) atoms. The summed E-state index contributed by atoms with van der Waals surface area (Å²) in [5.74, 6) is -2.63. The van der Waals surface area contributed by atoms with Crippen LogP contribution in [0.3, 0.4) is 0 Å². The van der Waals surface area contributed by atoms with Gasteiger partial charge >= 0.3 is 6.03 Å². The van der Waals surface area contributed by atoms with E-state index in [2.05, 4.69) is 5.32 Å². The number of nitrogens with one attached hydrogen (secondary N) is 1. The van der Waals surface area contributed by atoms with Crippen LogP contribution in [0.2, 0.25) is 0 Å². The summed E-state index contributed by atoms with van der Waals surface area (Å²) >= 11 is 0. The molecule has 1 saturated heterocycles. The van der Waals surface area contributed by atoms with Crippen molar-refractivity contribution in [1.29, 1.82) is 0 Å². The Hall–Kier alpha value is -4.21. The van der Waals surface area contributed by atoms with E-state index in [4.69, 9.17) is 4.74 Å². The van der Waals surface area contributed by atoms with E-state index in [-0.39, 0.29) is 17.0 Å². The Morgan fingerprint density at radius 3 is 2.43 bits per heavy atom. The zero-order valence-corrected chi connectivity index (χ0v) is 16.3. The Labute approximate surface area is 170 Å². The van der Waals surface area contributed by atoms with Crippen LogP contribution in [0.4, 0.5) is 16.2 Å². The fourth-order valence-electron chi connectivity index (χ4n) is 2.90. The molecule has 1 heterocycles. The van der Waals surface area contributed by atoms with E-state index in [1.165, 1.54) is 7.11 Å². The van der Waals surface area contributed by atoms with Crippen LogP contribution in [0.5, 0.6) is 11.5 Å². The topological polar surface area (TPSA) is 139 Å². The number of amides is 4. The van der Waals surface area contributed by atoms with E-state index in [1.807, 2.05) is 6.92 Å². The third-order valence-corrected chi connectivity index (χ3v) is 4.67. The fourth-order valence-corrected chi connectivity index (χ4v) is 2.90. The molecule has 154 valence electrons. The molecule has 2 aromatic carbocycles. The average molecular weight is 411 g/mol. The second-order valence-electron chi connectivity index (χ2n) is 6.57. The number of benzene rings is 2. The number of nitrogens with zero attached hydrogens (tertiary/aromatic N) is 2. The van der Waals surface area contributed by atoms with Crippen LogP contribution in [-0.2, 0) is 9.59 Å². The lowest BCUT2D eigenvalue weighted by molar-refractivity contribution is -0.385. The van der Waals surface area contributed by atoms with Crippen molar-refractivity contribution in [2.75, 3.05) is 12.0 Å². The van der Waals surface area contributed by atoms with Crippen molar-refractivity contribution < 1.29 is 29.2 Å². The highest BCUT2D eigenvalue weighted by atomic mass is 16.6. The maximum Gasteiger partial charge on any atom is 0.335 e. The maximum atomic E-state index is 13.0. The van der Waals surface area contributed by atoms with Gasteiger partial charge in [0.2, 0.25) is 0 Å². The Morgan fingerprint density at radius 2 is 1.83 bits per heavy atom. The number of aromatic hydroxyl groups is 1. The summed E-state index contributed by atoms with van der Waals surface area (Å²) in [6, 6.07) is 5.97. The van der Waals surface area contributed by atoms with Gasteiger partial charge < -0.3 is 9.84 Å². The van der Waals surface area contributed by atoms with Gasteiger partial charge in [0.25, 0.3) is 17.5 Å². The molecular weight excluding hydrogens is 394 g/mol. The third-order valence-electron chi connectivity index (χ3n) is 4.67. The third kappa shape index (κ3) is 3.58. The lowest BCUT2D eigenvalue weighted by atomic mass is 10.0. The van der Waals surface area contributed by atoms with Gasteiger partial charge in [0.1, 0.15) is 5.57 Å². The van der Waals surface area contributed by atoms with Crippen LogP contribution in [-0.4, -0.2) is 35.0 Å². The number of hydrogen-bond donors (Lipinski definition) is 2. The molecule has 1 fully saturated rings. The first-order valence-corrected chi connectivity index (χ1v) is 8.68. The number of rotatable bonds is 4. The summed E-state index contributed by atoms with van der Waals surface area (Å²) in [5.41, 5.74) is 0.947. The molecule has 1 aliphatic rings. The number of hydrogen-bond acceptors (Lipinski definition) is 7. The smallest absolute Gasteiger partial charge is 0.335 e. The Balaban J connectivity index is 2.12. The molecule has 2 aromatic rings. The van der Waals surface area contributed by atoms with Gasteiger partial charge in [0.15, 0.2) is 11.5 Å². The average Bonchev–Trinajstić information content (AvgIpc) is 2.68. The SMILES string of the molecule is COc1cc([N+](=O)[O-])cc(/C=C2\C(=O)NC(=O)N(c3ccc(C)c(C)c3)C2=O)c1O. The first kappa shape index (κ1) is 20.5. The number of imide groups is 2. The minimum atomic E-state index is -0.991. The molecular formula is C20H17N3O7. The zero-order chi connectivity index (χ0) is 22.2. The number of ether oxygens (including phenoxy) is 1. The number of phenols is 1. The fraction of sp³-hybridized carbons (Fsp3) is 0.150. The zero-order valence-electron chi connectivity index (χ0n) is 16.3. The van der Waals surface area contributed by atoms with E-state index in [0.717, 1.165) is 34.2 Å². The maximum absolute atomic E-state index is 13.0. The molecule has 1 aliphatic heterocycles. The van der Waals surface area contributed by atoms with Crippen molar-refractivity contribution in [2.45, 2.75) is 13.8 Å². The van der Waals surface area contributed by atoms with Crippen LogP contribution in [0.1, 0.15) is 16.7 Å². The molecule has 0 aliphatic carbocycles. The quantitative estimate of drug-likeness (QED) is 0.341. The second-order valence-corrected chi connectivity index (χ2v) is 6.57. The number of nitro groups is 1. The molecule has 2 N–H and O–H groups in total. The van der Waals surface area contributed by atoms with Gasteiger partial charge in [-0.25, -0.2) is 9.69 Å². The lowest BCUT2D eigenvalue weighted by Gasteiger charge is -2.27. The molecule has 0 aromatic heterocycles. The van der Waals surface area contributed by atoms with Gasteiger partial charge in [0.05, 0.1) is 23.8 Å². The number of anilines is 1. The molecule has 4 amide bonds. The highest BCUT2D eigenvalue weighted by molar-refractivity contribution is 6.39. The molecule has 0 saturated carbocycles. The summed E-state index contributed by atoms with van der Waals surface area (Å²) in [7, 11) is 1.20. The van der Waals surface area contributed by atoms with Gasteiger partial charge in [-0.05, 0) is 43.2 Å². The number of nitro benzene ring substituents is 1. The summed E-state index contributed by atoms with van der Waals surface area (Å²) in [5, 5.41) is 23.5. The monoisotopic (exact) mass is 411 g/mol. The number of carbonyl (C=O) groups is 3. The first-order valence-electron chi connectivity index (χ1n) is 8.68. The molecule has 0 atom stereocenters. The number of methoxy groups -OCH3 is 1. The molecule has 10 nitrogen and oxygen atoms in total. The Morgan fingerprint density at radius 1 is 1.13 bits per heavy atom. The molecule has 0 unspecified atom stereocenters. The Bertz CT molecular complexity index is 1140. The summed E-state index contributed by atoms with van der Waals surface area (Å²) < 4.78 is 4.92. The van der Waals surface area contributed by atoms with E-state index in [1.54, 1.807) is 25.1 Å². The highest BCUT2D eigenvalue weighted by Gasteiger charge is 2.37. The summed E-state index contributed by atoms with van der Waals surface area (Å²) in [4.78, 5) is 48.8. The standard InChI is InChI=1S/C20H17N3O7/c1-10-4-5-13(6-11(10)2)22-19(26)15(18(25)21-20(22)27)8-12-7-14(23(28)29)9-16(30-3)17(12)24/h4-9,24H,1-3H3,(H,21,25,27)/b15-8+. The Kier molecular flexibility index (Phi) is 5.24. The van der Waals surface area contributed by atoms with E-state index in [0.29, 0.717) is 0 Å². The van der Waals surface area contributed by atoms with Crippen molar-refractivity contribution in [3.05, 3.63) is 62.7 Å². The predicted molar refractivity (Wildman–Crippen MR) is 106 cm³/mol. The predicted octanol–water partition coefficient (Wildman–Crippen LogP) is 2.59. The van der Waals surface area contributed by atoms with Gasteiger partial charge in [0, 0.05) is 11.6 Å². The highest BCUT2D eigenvalue weighted by Crippen LogP contribution is 2.36. The van der Waals surface area contributed by atoms with Crippen molar-refractivity contribution in [1.82, 2.24) is 5.32 Å².